The molecule has 1 atom stereocenters. The summed E-state index contributed by atoms with van der Waals surface area (Å²) in [5, 5.41) is 8.87. The van der Waals surface area contributed by atoms with Gasteiger partial charge in [0.1, 0.15) is 10.5 Å². The van der Waals surface area contributed by atoms with E-state index in [1.807, 2.05) is 4.90 Å². The number of piperidine rings is 1. The molecule has 10 nitrogen and oxygen atoms in total. The molecule has 34 heavy (non-hydrogen) atoms. The standard InChI is InChI=1S/C23H36N4O6S/c1-6-32-21(30)19-15(2)12-18(34-19)26-17(28)14-27-11-7-8-16(13-27)20(29)24-9-10-25-22(31)33-23(3,4)5/h12,16H,6-11,13-14H2,1-5H3,(H,24,29)(H,25,31)(H,26,28). The van der Waals surface area contributed by atoms with Gasteiger partial charge in [0.2, 0.25) is 11.8 Å². The van der Waals surface area contributed by atoms with Gasteiger partial charge in [-0.05, 0) is 65.6 Å². The summed E-state index contributed by atoms with van der Waals surface area (Å²) in [5.74, 6) is -0.900. The van der Waals surface area contributed by atoms with E-state index in [2.05, 4.69) is 16.0 Å². The lowest BCUT2D eigenvalue weighted by Crippen LogP contribution is -2.46. The number of carbonyl (C=O) groups is 4. The minimum absolute atomic E-state index is 0.0935. The number of alkyl carbamates (subject to hydrolysis) is 1. The molecule has 0 saturated carbocycles. The molecule has 3 amide bonds. The van der Waals surface area contributed by atoms with Gasteiger partial charge in [0.25, 0.3) is 0 Å². The van der Waals surface area contributed by atoms with Crippen LogP contribution in [0.4, 0.5) is 9.80 Å². The van der Waals surface area contributed by atoms with Crippen molar-refractivity contribution in [2.24, 2.45) is 5.92 Å². The molecular weight excluding hydrogens is 460 g/mol. The van der Waals surface area contributed by atoms with Crippen molar-refractivity contribution in [3.63, 3.8) is 0 Å². The van der Waals surface area contributed by atoms with Crippen LogP contribution in [0.3, 0.4) is 0 Å². The Labute approximate surface area is 204 Å². The average Bonchev–Trinajstić information content (AvgIpc) is 3.10. The molecule has 0 aliphatic carbocycles. The molecular formula is C23H36N4O6S. The number of nitrogens with one attached hydrogen (secondary N) is 3. The van der Waals surface area contributed by atoms with Crippen LogP contribution in [0.25, 0.3) is 0 Å². The number of likely N-dealkylation sites (tertiary alicyclic amines) is 1. The Morgan fingerprint density at radius 1 is 1.18 bits per heavy atom. The van der Waals surface area contributed by atoms with E-state index in [9.17, 15) is 19.2 Å². The molecule has 0 bridgehead atoms. The van der Waals surface area contributed by atoms with Crippen LogP contribution in [0.2, 0.25) is 0 Å². The highest BCUT2D eigenvalue weighted by molar-refractivity contribution is 7.18. The number of hydrogen-bond donors (Lipinski definition) is 3. The maximum Gasteiger partial charge on any atom is 0.407 e. The maximum absolute atomic E-state index is 12.5. The maximum atomic E-state index is 12.5. The average molecular weight is 497 g/mol. The third kappa shape index (κ3) is 9.30. The van der Waals surface area contributed by atoms with Crippen molar-refractivity contribution in [1.29, 1.82) is 0 Å². The molecule has 190 valence electrons. The topological polar surface area (TPSA) is 126 Å². The largest absolute Gasteiger partial charge is 0.462 e. The minimum Gasteiger partial charge on any atom is -0.462 e. The second-order valence-electron chi connectivity index (χ2n) is 9.19. The number of ether oxygens (including phenoxy) is 2. The summed E-state index contributed by atoms with van der Waals surface area (Å²) in [5.41, 5.74) is 0.186. The van der Waals surface area contributed by atoms with Gasteiger partial charge in [-0.3, -0.25) is 14.5 Å². The number of hydrogen-bond acceptors (Lipinski definition) is 8. The Balaban J connectivity index is 1.75. The zero-order valence-electron chi connectivity index (χ0n) is 20.6. The molecule has 0 spiro atoms. The monoisotopic (exact) mass is 496 g/mol. The first-order chi connectivity index (χ1) is 16.0. The first kappa shape index (κ1) is 27.6. The number of amides is 3. The summed E-state index contributed by atoms with van der Waals surface area (Å²) in [6.45, 7) is 11.1. The first-order valence-electron chi connectivity index (χ1n) is 11.5. The van der Waals surface area contributed by atoms with Crippen LogP contribution in [0.15, 0.2) is 6.07 Å². The van der Waals surface area contributed by atoms with Gasteiger partial charge in [0.15, 0.2) is 0 Å². The molecule has 1 aromatic heterocycles. The van der Waals surface area contributed by atoms with E-state index in [4.69, 9.17) is 9.47 Å². The van der Waals surface area contributed by atoms with Crippen LogP contribution in [0, 0.1) is 12.8 Å². The second kappa shape index (κ2) is 12.7. The van der Waals surface area contributed by atoms with Crippen LogP contribution >= 0.6 is 11.3 Å². The Morgan fingerprint density at radius 3 is 2.56 bits per heavy atom. The van der Waals surface area contributed by atoms with E-state index in [1.54, 1.807) is 40.7 Å². The third-order valence-corrected chi connectivity index (χ3v) is 6.11. The van der Waals surface area contributed by atoms with Gasteiger partial charge in [-0.25, -0.2) is 9.59 Å². The Kier molecular flexibility index (Phi) is 10.3. The van der Waals surface area contributed by atoms with Crippen molar-refractivity contribution < 1.29 is 28.7 Å². The molecule has 1 fully saturated rings. The molecule has 1 saturated heterocycles. The van der Waals surface area contributed by atoms with E-state index in [1.165, 1.54) is 11.3 Å². The molecule has 11 heteroatoms. The van der Waals surface area contributed by atoms with Crippen molar-refractivity contribution in [2.75, 3.05) is 44.6 Å². The molecule has 1 unspecified atom stereocenters. The highest BCUT2D eigenvalue weighted by Gasteiger charge is 2.27. The van der Waals surface area contributed by atoms with Gasteiger partial charge in [-0.15, -0.1) is 11.3 Å². The minimum atomic E-state index is -0.573. The predicted octanol–water partition coefficient (Wildman–Crippen LogP) is 2.52. The molecule has 3 N–H and O–H groups in total. The summed E-state index contributed by atoms with van der Waals surface area (Å²) in [6.07, 6.45) is 1.04. The van der Waals surface area contributed by atoms with E-state index in [0.29, 0.717) is 29.6 Å². The molecule has 2 rings (SSSR count). The third-order valence-electron chi connectivity index (χ3n) is 4.98. The van der Waals surface area contributed by atoms with Crippen LogP contribution < -0.4 is 16.0 Å². The number of esters is 1. The van der Waals surface area contributed by atoms with Gasteiger partial charge in [-0.2, -0.15) is 0 Å². The predicted molar refractivity (Wildman–Crippen MR) is 130 cm³/mol. The smallest absolute Gasteiger partial charge is 0.407 e. The lowest BCUT2D eigenvalue weighted by Gasteiger charge is -2.31. The fourth-order valence-corrected chi connectivity index (χ4v) is 4.53. The number of anilines is 1. The zero-order chi connectivity index (χ0) is 25.3. The van der Waals surface area contributed by atoms with Gasteiger partial charge >= 0.3 is 12.1 Å². The quantitative estimate of drug-likeness (QED) is 0.354. The van der Waals surface area contributed by atoms with E-state index >= 15 is 0 Å². The van der Waals surface area contributed by atoms with E-state index in [-0.39, 0.29) is 30.8 Å². The number of nitrogens with zero attached hydrogens (tertiary/aromatic N) is 1. The Hall–Kier alpha value is -2.66. The highest BCUT2D eigenvalue weighted by atomic mass is 32.1. The van der Waals surface area contributed by atoms with Crippen molar-refractivity contribution in [3.05, 3.63) is 16.5 Å². The summed E-state index contributed by atoms with van der Waals surface area (Å²) < 4.78 is 10.2. The number of carbonyl (C=O) groups excluding carboxylic acids is 4. The van der Waals surface area contributed by atoms with Gasteiger partial charge in [0.05, 0.1) is 24.1 Å². The van der Waals surface area contributed by atoms with Crippen molar-refractivity contribution in [1.82, 2.24) is 15.5 Å². The SMILES string of the molecule is CCOC(=O)c1sc(NC(=O)CN2CCCC(C(=O)NCCNC(=O)OC(C)(C)C)C2)cc1C. The first-order valence-corrected chi connectivity index (χ1v) is 12.3. The normalized spacial score (nSPS) is 16.4. The summed E-state index contributed by atoms with van der Waals surface area (Å²) in [4.78, 5) is 51.1. The van der Waals surface area contributed by atoms with Crippen molar-refractivity contribution in [2.45, 2.75) is 53.1 Å². The van der Waals surface area contributed by atoms with Crippen molar-refractivity contribution >= 4 is 40.2 Å². The van der Waals surface area contributed by atoms with Crippen LogP contribution in [-0.2, 0) is 19.1 Å². The van der Waals surface area contributed by atoms with Crippen LogP contribution in [-0.4, -0.2) is 73.7 Å². The summed E-state index contributed by atoms with van der Waals surface area (Å²) >= 11 is 1.19. The van der Waals surface area contributed by atoms with Crippen LogP contribution in [0.1, 0.15) is 55.8 Å². The molecule has 2 heterocycles. The summed E-state index contributed by atoms with van der Waals surface area (Å²) in [7, 11) is 0. The van der Waals surface area contributed by atoms with Gasteiger partial charge in [-0.1, -0.05) is 0 Å². The highest BCUT2D eigenvalue weighted by Crippen LogP contribution is 2.27. The molecule has 1 aliphatic rings. The Morgan fingerprint density at radius 2 is 1.88 bits per heavy atom. The molecule has 0 radical (unpaired) electrons. The second-order valence-corrected chi connectivity index (χ2v) is 10.2. The lowest BCUT2D eigenvalue weighted by atomic mass is 9.97. The number of aryl methyl sites for hydroxylation is 1. The van der Waals surface area contributed by atoms with E-state index < -0.39 is 17.7 Å². The fourth-order valence-electron chi connectivity index (χ4n) is 3.54. The van der Waals surface area contributed by atoms with Crippen LogP contribution in [0.5, 0.6) is 0 Å². The number of rotatable bonds is 9. The lowest BCUT2D eigenvalue weighted by molar-refractivity contribution is -0.127. The molecule has 1 aromatic rings. The Bertz CT molecular complexity index is 879. The summed E-state index contributed by atoms with van der Waals surface area (Å²) in [6, 6.07) is 1.76. The molecule has 1 aliphatic heterocycles. The fraction of sp³-hybridized carbons (Fsp3) is 0.652. The van der Waals surface area contributed by atoms with E-state index in [0.717, 1.165) is 24.9 Å². The van der Waals surface area contributed by atoms with Gasteiger partial charge < -0.3 is 25.4 Å². The zero-order valence-corrected chi connectivity index (χ0v) is 21.4. The van der Waals surface area contributed by atoms with Crippen molar-refractivity contribution in [3.8, 4) is 0 Å². The van der Waals surface area contributed by atoms with Gasteiger partial charge in [0, 0.05) is 19.6 Å². The number of thiophene rings is 1. The molecule has 0 aromatic carbocycles.